The average molecular weight is 289 g/mol. The second-order valence-electron chi connectivity index (χ2n) is 4.51. The minimum atomic E-state index is -3.48. The number of sulfonamides is 1. The fraction of sp³-hybridized carbons (Fsp3) is 0.500. The first-order valence-corrected chi connectivity index (χ1v) is 7.85. The zero-order valence-corrected chi connectivity index (χ0v) is 11.8. The molecule has 1 atom stereocenters. The van der Waals surface area contributed by atoms with Gasteiger partial charge in [0.05, 0.1) is 4.90 Å². The summed E-state index contributed by atoms with van der Waals surface area (Å²) in [4.78, 5) is 0.257. The Morgan fingerprint density at radius 2 is 2.28 bits per heavy atom. The van der Waals surface area contributed by atoms with E-state index < -0.39 is 10.0 Å². The van der Waals surface area contributed by atoms with E-state index in [4.69, 9.17) is 11.6 Å². The molecule has 2 rings (SSSR count). The Balaban J connectivity index is 2.12. The minimum Gasteiger partial charge on any atom is -0.313 e. The molecule has 1 fully saturated rings. The summed E-state index contributed by atoms with van der Waals surface area (Å²) in [5.41, 5.74) is 0.589. The zero-order chi connectivity index (χ0) is 13.2. The molecule has 0 radical (unpaired) electrons. The van der Waals surface area contributed by atoms with Gasteiger partial charge in [0.1, 0.15) is 0 Å². The highest BCUT2D eigenvalue weighted by Gasteiger charge is 2.21. The largest absolute Gasteiger partial charge is 0.313 e. The topological polar surface area (TPSA) is 58.2 Å². The summed E-state index contributed by atoms with van der Waals surface area (Å²) in [6, 6.07) is 5.15. The molecular weight excluding hydrogens is 272 g/mol. The molecule has 1 aliphatic rings. The van der Waals surface area contributed by atoms with Crippen LogP contribution in [-0.2, 0) is 10.0 Å². The number of rotatable bonds is 4. The summed E-state index contributed by atoms with van der Waals surface area (Å²) in [5, 5.41) is 3.72. The van der Waals surface area contributed by atoms with Crippen molar-refractivity contribution in [2.24, 2.45) is 0 Å². The lowest BCUT2D eigenvalue weighted by atomic mass is 10.2. The van der Waals surface area contributed by atoms with Gasteiger partial charge < -0.3 is 5.32 Å². The molecule has 0 amide bonds. The van der Waals surface area contributed by atoms with Crippen LogP contribution in [0.1, 0.15) is 18.4 Å². The first-order valence-electron chi connectivity index (χ1n) is 5.99. The molecule has 6 heteroatoms. The van der Waals surface area contributed by atoms with Crippen molar-refractivity contribution < 1.29 is 8.42 Å². The highest BCUT2D eigenvalue weighted by molar-refractivity contribution is 7.89. The highest BCUT2D eigenvalue weighted by Crippen LogP contribution is 2.22. The zero-order valence-electron chi connectivity index (χ0n) is 10.2. The van der Waals surface area contributed by atoms with Crippen LogP contribution in [0.25, 0.3) is 0 Å². The van der Waals surface area contributed by atoms with Gasteiger partial charge in [-0.15, -0.1) is 0 Å². The van der Waals surface area contributed by atoms with Crippen LogP contribution in [0.5, 0.6) is 0 Å². The Morgan fingerprint density at radius 1 is 1.50 bits per heavy atom. The second kappa shape index (κ2) is 5.57. The molecular formula is C12H17ClN2O2S. The predicted octanol–water partition coefficient (Wildman–Crippen LogP) is 1.68. The van der Waals surface area contributed by atoms with Crippen LogP contribution in [-0.4, -0.2) is 27.5 Å². The summed E-state index contributed by atoms with van der Waals surface area (Å²) < 4.78 is 27.0. The number of nitrogens with one attached hydrogen (secondary N) is 2. The van der Waals surface area contributed by atoms with E-state index in [9.17, 15) is 8.42 Å². The highest BCUT2D eigenvalue weighted by atomic mass is 35.5. The molecule has 1 heterocycles. The van der Waals surface area contributed by atoms with Gasteiger partial charge in [-0.1, -0.05) is 17.7 Å². The van der Waals surface area contributed by atoms with Crippen LogP contribution in [0.3, 0.4) is 0 Å². The fourth-order valence-corrected chi connectivity index (χ4v) is 3.68. The molecule has 18 heavy (non-hydrogen) atoms. The van der Waals surface area contributed by atoms with Crippen molar-refractivity contribution in [3.8, 4) is 0 Å². The van der Waals surface area contributed by atoms with Gasteiger partial charge in [-0.2, -0.15) is 0 Å². The molecule has 1 aromatic carbocycles. The van der Waals surface area contributed by atoms with Crippen molar-refractivity contribution in [3.63, 3.8) is 0 Å². The maximum absolute atomic E-state index is 12.2. The molecule has 0 aliphatic carbocycles. The summed E-state index contributed by atoms with van der Waals surface area (Å²) in [5.74, 6) is 0. The van der Waals surface area contributed by atoms with Crippen LogP contribution >= 0.6 is 11.6 Å². The van der Waals surface area contributed by atoms with E-state index >= 15 is 0 Å². The van der Waals surface area contributed by atoms with E-state index in [1.165, 1.54) is 0 Å². The van der Waals surface area contributed by atoms with E-state index in [-0.39, 0.29) is 10.9 Å². The van der Waals surface area contributed by atoms with E-state index in [1.54, 1.807) is 25.1 Å². The average Bonchev–Trinajstić information content (AvgIpc) is 2.83. The molecule has 2 N–H and O–H groups in total. The van der Waals surface area contributed by atoms with Gasteiger partial charge in [0, 0.05) is 17.6 Å². The Kier molecular flexibility index (Phi) is 4.27. The monoisotopic (exact) mass is 288 g/mol. The predicted molar refractivity (Wildman–Crippen MR) is 72.4 cm³/mol. The van der Waals surface area contributed by atoms with Crippen LogP contribution in [0.4, 0.5) is 0 Å². The molecule has 0 unspecified atom stereocenters. The van der Waals surface area contributed by atoms with Crippen molar-refractivity contribution in [2.45, 2.75) is 30.7 Å². The smallest absolute Gasteiger partial charge is 0.240 e. The molecule has 0 bridgehead atoms. The first kappa shape index (κ1) is 13.8. The summed E-state index contributed by atoms with van der Waals surface area (Å²) in [6.07, 6.45) is 2.11. The van der Waals surface area contributed by atoms with Gasteiger partial charge in [0.2, 0.25) is 10.0 Å². The number of hydrogen-bond donors (Lipinski definition) is 2. The molecule has 1 aliphatic heterocycles. The van der Waals surface area contributed by atoms with Crippen molar-refractivity contribution >= 4 is 21.6 Å². The van der Waals surface area contributed by atoms with Gasteiger partial charge in [-0.25, -0.2) is 13.1 Å². The molecule has 4 nitrogen and oxygen atoms in total. The maximum Gasteiger partial charge on any atom is 0.240 e. The van der Waals surface area contributed by atoms with Gasteiger partial charge in [-0.3, -0.25) is 0 Å². The van der Waals surface area contributed by atoms with Crippen molar-refractivity contribution in [2.75, 3.05) is 13.1 Å². The van der Waals surface area contributed by atoms with Crippen molar-refractivity contribution in [3.05, 3.63) is 28.8 Å². The van der Waals surface area contributed by atoms with Crippen LogP contribution < -0.4 is 10.0 Å². The van der Waals surface area contributed by atoms with E-state index in [1.807, 2.05) is 0 Å². The van der Waals surface area contributed by atoms with Crippen molar-refractivity contribution in [1.29, 1.82) is 0 Å². The first-order chi connectivity index (χ1) is 8.50. The normalized spacial score (nSPS) is 20.2. The molecule has 100 valence electrons. The van der Waals surface area contributed by atoms with Gasteiger partial charge in [-0.05, 0) is 44.0 Å². The molecule has 0 spiro atoms. The third kappa shape index (κ3) is 3.03. The van der Waals surface area contributed by atoms with Crippen LogP contribution in [0.15, 0.2) is 23.1 Å². The maximum atomic E-state index is 12.2. The standard InChI is InChI=1S/C12H17ClN2O2S/c1-9-11(13)5-2-6-12(9)18(16,17)15-8-10-4-3-7-14-10/h2,5-6,10,14-15H,3-4,7-8H2,1H3/t10-/m0/s1. The Morgan fingerprint density at radius 3 is 2.94 bits per heavy atom. The molecule has 0 aromatic heterocycles. The lowest BCUT2D eigenvalue weighted by Crippen LogP contribution is -2.37. The second-order valence-corrected chi connectivity index (χ2v) is 6.65. The summed E-state index contributed by atoms with van der Waals surface area (Å²) in [6.45, 7) is 3.10. The Bertz CT molecular complexity index is 525. The summed E-state index contributed by atoms with van der Waals surface area (Å²) >= 11 is 5.94. The molecule has 1 aromatic rings. The fourth-order valence-electron chi connectivity index (χ4n) is 2.10. The lowest BCUT2D eigenvalue weighted by Gasteiger charge is -2.13. The van der Waals surface area contributed by atoms with Gasteiger partial charge in [0.15, 0.2) is 0 Å². The lowest BCUT2D eigenvalue weighted by molar-refractivity contribution is 0.551. The van der Waals surface area contributed by atoms with Crippen molar-refractivity contribution in [1.82, 2.24) is 10.0 Å². The molecule has 0 saturated carbocycles. The van der Waals surface area contributed by atoms with E-state index in [0.717, 1.165) is 19.4 Å². The van der Waals surface area contributed by atoms with Crippen LogP contribution in [0.2, 0.25) is 5.02 Å². The number of benzene rings is 1. The van der Waals surface area contributed by atoms with Crippen LogP contribution in [0, 0.1) is 6.92 Å². The Hall–Kier alpha value is -0.620. The van der Waals surface area contributed by atoms with E-state index in [0.29, 0.717) is 17.1 Å². The summed E-state index contributed by atoms with van der Waals surface area (Å²) in [7, 11) is -3.48. The number of hydrogen-bond acceptors (Lipinski definition) is 3. The third-order valence-electron chi connectivity index (χ3n) is 3.19. The SMILES string of the molecule is Cc1c(Cl)cccc1S(=O)(=O)NC[C@@H]1CCCN1. The van der Waals surface area contributed by atoms with Gasteiger partial charge >= 0.3 is 0 Å². The van der Waals surface area contributed by atoms with E-state index in [2.05, 4.69) is 10.0 Å². The Labute approximate surface area is 113 Å². The third-order valence-corrected chi connectivity index (χ3v) is 5.17. The van der Waals surface area contributed by atoms with Gasteiger partial charge in [0.25, 0.3) is 0 Å². The minimum absolute atomic E-state index is 0.235. The quantitative estimate of drug-likeness (QED) is 0.886. The number of halogens is 1. The molecule has 1 saturated heterocycles.